The zero-order valence-corrected chi connectivity index (χ0v) is 16.5. The molecule has 1 aromatic carbocycles. The summed E-state index contributed by atoms with van der Waals surface area (Å²) < 4.78 is 0. The maximum atomic E-state index is 4.67. The Hall–Kier alpha value is -2.30. The van der Waals surface area contributed by atoms with Crippen LogP contribution in [0.4, 0.5) is 23.1 Å². The molecule has 2 aliphatic rings. The average Bonchev–Trinajstić information content (AvgIpc) is 3.16. The largest absolute Gasteiger partial charge is 0.372 e. The second-order valence-corrected chi connectivity index (χ2v) is 8.19. The normalized spacial score (nSPS) is 18.7. The van der Waals surface area contributed by atoms with Gasteiger partial charge in [0.15, 0.2) is 0 Å². The molecule has 1 saturated heterocycles. The molecule has 1 saturated carbocycles. The lowest BCUT2D eigenvalue weighted by Crippen LogP contribution is -2.32. The summed E-state index contributed by atoms with van der Waals surface area (Å²) in [4.78, 5) is 11.7. The van der Waals surface area contributed by atoms with Crippen LogP contribution >= 0.6 is 0 Å². The van der Waals surface area contributed by atoms with Crippen LogP contribution in [0.1, 0.15) is 51.1 Å². The van der Waals surface area contributed by atoms with Gasteiger partial charge in [-0.05, 0) is 62.8 Å². The maximum absolute atomic E-state index is 4.67. The van der Waals surface area contributed by atoms with E-state index in [4.69, 9.17) is 0 Å². The summed E-state index contributed by atoms with van der Waals surface area (Å²) in [5.41, 5.74) is 3.31. The summed E-state index contributed by atoms with van der Waals surface area (Å²) >= 11 is 0. The van der Waals surface area contributed by atoms with Gasteiger partial charge >= 0.3 is 0 Å². The van der Waals surface area contributed by atoms with Crippen LogP contribution < -0.4 is 15.5 Å². The summed E-state index contributed by atoms with van der Waals surface area (Å²) in [6, 6.07) is 11.2. The van der Waals surface area contributed by atoms with Crippen molar-refractivity contribution in [1.29, 1.82) is 0 Å². The van der Waals surface area contributed by atoms with Crippen LogP contribution in [-0.2, 0) is 0 Å². The van der Waals surface area contributed by atoms with Crippen LogP contribution in [0.5, 0.6) is 0 Å². The Morgan fingerprint density at radius 1 is 0.963 bits per heavy atom. The predicted molar refractivity (Wildman–Crippen MR) is 113 cm³/mol. The van der Waals surface area contributed by atoms with Gasteiger partial charge in [-0.2, -0.15) is 4.98 Å². The van der Waals surface area contributed by atoms with Crippen LogP contribution in [0.2, 0.25) is 0 Å². The molecule has 144 valence electrons. The molecule has 2 heterocycles. The molecule has 0 unspecified atom stereocenters. The number of anilines is 4. The first kappa shape index (κ1) is 18.1. The van der Waals surface area contributed by atoms with Crippen LogP contribution in [0.3, 0.4) is 0 Å². The van der Waals surface area contributed by atoms with E-state index in [0.29, 0.717) is 12.0 Å². The van der Waals surface area contributed by atoms with E-state index in [2.05, 4.69) is 56.7 Å². The van der Waals surface area contributed by atoms with Crippen molar-refractivity contribution in [2.45, 2.75) is 58.4 Å². The summed E-state index contributed by atoms with van der Waals surface area (Å²) in [5.74, 6) is 2.44. The topological polar surface area (TPSA) is 53.1 Å². The molecule has 1 aromatic heterocycles. The van der Waals surface area contributed by atoms with Gasteiger partial charge in [0.25, 0.3) is 0 Å². The smallest absolute Gasteiger partial charge is 0.229 e. The van der Waals surface area contributed by atoms with Crippen molar-refractivity contribution in [3.05, 3.63) is 36.0 Å². The maximum Gasteiger partial charge on any atom is 0.229 e. The molecule has 0 atom stereocenters. The summed E-state index contributed by atoms with van der Waals surface area (Å²) in [7, 11) is 0. The van der Waals surface area contributed by atoms with Crippen LogP contribution in [-0.4, -0.2) is 29.1 Å². The minimum atomic E-state index is 0.554. The minimum Gasteiger partial charge on any atom is -0.372 e. The number of nitrogens with one attached hydrogen (secondary N) is 2. The van der Waals surface area contributed by atoms with E-state index < -0.39 is 0 Å². The first-order valence-corrected chi connectivity index (χ1v) is 10.4. The zero-order chi connectivity index (χ0) is 18.6. The van der Waals surface area contributed by atoms with Crippen molar-refractivity contribution in [1.82, 2.24) is 9.97 Å². The molecule has 1 aliphatic carbocycles. The fourth-order valence-electron chi connectivity index (χ4n) is 4.13. The molecular formula is C22H31N5. The lowest BCUT2D eigenvalue weighted by molar-refractivity contribution is 0.438. The predicted octanol–water partition coefficient (Wildman–Crippen LogP) is 5.12. The van der Waals surface area contributed by atoms with E-state index in [-0.39, 0.29) is 0 Å². The quantitative estimate of drug-likeness (QED) is 0.770. The van der Waals surface area contributed by atoms with E-state index >= 15 is 0 Å². The Balaban J connectivity index is 1.41. The molecule has 0 spiro atoms. The number of benzene rings is 1. The molecule has 0 radical (unpaired) electrons. The second kappa shape index (κ2) is 8.15. The number of nitrogens with zero attached hydrogens (tertiary/aromatic N) is 3. The molecule has 0 bridgehead atoms. The average molecular weight is 366 g/mol. The highest BCUT2D eigenvalue weighted by Crippen LogP contribution is 2.26. The summed E-state index contributed by atoms with van der Waals surface area (Å²) in [6.45, 7) is 6.69. The Kier molecular flexibility index (Phi) is 5.46. The van der Waals surface area contributed by atoms with Crippen molar-refractivity contribution in [2.24, 2.45) is 5.92 Å². The molecular weight excluding hydrogens is 334 g/mol. The van der Waals surface area contributed by atoms with Gasteiger partial charge in [-0.15, -0.1) is 0 Å². The Morgan fingerprint density at radius 3 is 2.37 bits per heavy atom. The van der Waals surface area contributed by atoms with Crippen molar-refractivity contribution < 1.29 is 0 Å². The van der Waals surface area contributed by atoms with Gasteiger partial charge in [0.2, 0.25) is 5.95 Å². The molecule has 2 aromatic rings. The molecule has 4 rings (SSSR count). The molecule has 27 heavy (non-hydrogen) atoms. The van der Waals surface area contributed by atoms with E-state index in [1.165, 1.54) is 44.2 Å². The van der Waals surface area contributed by atoms with E-state index in [1.807, 2.05) is 13.0 Å². The second-order valence-electron chi connectivity index (χ2n) is 8.19. The number of aromatic nitrogens is 2. The number of hydrogen-bond donors (Lipinski definition) is 2. The fraction of sp³-hybridized carbons (Fsp3) is 0.545. The summed E-state index contributed by atoms with van der Waals surface area (Å²) in [5, 5.41) is 6.93. The third-order valence-corrected chi connectivity index (χ3v) is 5.83. The van der Waals surface area contributed by atoms with Crippen molar-refractivity contribution in [3.63, 3.8) is 0 Å². The number of piperidine rings is 1. The first-order valence-electron chi connectivity index (χ1n) is 10.4. The lowest BCUT2D eigenvalue weighted by Gasteiger charge is -2.32. The molecule has 2 fully saturated rings. The molecule has 1 aliphatic heterocycles. The highest BCUT2D eigenvalue weighted by molar-refractivity contribution is 5.60. The van der Waals surface area contributed by atoms with Gasteiger partial charge in [-0.1, -0.05) is 19.8 Å². The van der Waals surface area contributed by atoms with Crippen LogP contribution in [0.15, 0.2) is 30.3 Å². The Bertz CT molecular complexity index is 744. The van der Waals surface area contributed by atoms with Crippen LogP contribution in [0.25, 0.3) is 0 Å². The third kappa shape index (κ3) is 4.71. The summed E-state index contributed by atoms with van der Waals surface area (Å²) in [6.07, 6.45) is 7.68. The number of aryl methyl sites for hydroxylation is 1. The van der Waals surface area contributed by atoms with E-state index in [1.54, 1.807) is 0 Å². The number of hydrogen-bond acceptors (Lipinski definition) is 5. The molecule has 5 nitrogen and oxygen atoms in total. The standard InChI is InChI=1S/C22H31N5/c1-16-11-13-27(14-12-16)20-9-7-19(8-10-20)25-22-23-17(2)15-21(26-22)24-18-5-3-4-6-18/h7-10,15-16,18H,3-6,11-14H2,1-2H3,(H2,23,24,25,26). The Morgan fingerprint density at radius 2 is 1.67 bits per heavy atom. The van der Waals surface area contributed by atoms with Gasteiger partial charge in [-0.25, -0.2) is 4.98 Å². The highest BCUT2D eigenvalue weighted by Gasteiger charge is 2.17. The minimum absolute atomic E-state index is 0.554. The van der Waals surface area contributed by atoms with Gasteiger partial charge in [0.1, 0.15) is 5.82 Å². The third-order valence-electron chi connectivity index (χ3n) is 5.83. The molecule has 2 N–H and O–H groups in total. The van der Waals surface area contributed by atoms with Crippen molar-refractivity contribution in [2.75, 3.05) is 28.6 Å². The van der Waals surface area contributed by atoms with Gasteiger partial charge in [-0.3, -0.25) is 0 Å². The monoisotopic (exact) mass is 365 g/mol. The Labute approximate surface area is 162 Å². The zero-order valence-electron chi connectivity index (χ0n) is 16.5. The molecule has 0 amide bonds. The van der Waals surface area contributed by atoms with Gasteiger partial charge < -0.3 is 15.5 Å². The lowest BCUT2D eigenvalue weighted by atomic mass is 9.99. The van der Waals surface area contributed by atoms with Gasteiger partial charge in [0, 0.05) is 42.3 Å². The fourth-order valence-corrected chi connectivity index (χ4v) is 4.13. The van der Waals surface area contributed by atoms with E-state index in [9.17, 15) is 0 Å². The SMILES string of the molecule is Cc1cc(NC2CCCC2)nc(Nc2ccc(N3CCC(C)CC3)cc2)n1. The first-order chi connectivity index (χ1) is 13.2. The van der Waals surface area contributed by atoms with Gasteiger partial charge in [0.05, 0.1) is 0 Å². The van der Waals surface area contributed by atoms with Crippen molar-refractivity contribution in [3.8, 4) is 0 Å². The van der Waals surface area contributed by atoms with Crippen molar-refractivity contribution >= 4 is 23.1 Å². The number of rotatable bonds is 5. The van der Waals surface area contributed by atoms with Crippen LogP contribution in [0, 0.1) is 12.8 Å². The highest BCUT2D eigenvalue weighted by atomic mass is 15.2. The molecule has 5 heteroatoms. The van der Waals surface area contributed by atoms with E-state index in [0.717, 1.165) is 36.2 Å².